The van der Waals surface area contributed by atoms with E-state index in [0.29, 0.717) is 13.2 Å². The number of aliphatic hydroxyl groups is 1. The molecule has 0 bridgehead atoms. The van der Waals surface area contributed by atoms with E-state index >= 15 is 0 Å². The van der Waals surface area contributed by atoms with E-state index in [1.165, 1.54) is 5.56 Å². The first-order valence-electron chi connectivity index (χ1n) is 6.83. The topological polar surface area (TPSA) is 38.7 Å². The Bertz CT molecular complexity index is 376. The first-order valence-corrected chi connectivity index (χ1v) is 6.83. The summed E-state index contributed by atoms with van der Waals surface area (Å²) in [5.74, 6) is 0.906. The van der Waals surface area contributed by atoms with E-state index in [0.717, 1.165) is 43.6 Å². The van der Waals surface area contributed by atoms with E-state index in [1.807, 2.05) is 18.2 Å². The maximum Gasteiger partial charge on any atom is 0.122 e. The Hall–Kier alpha value is -1.06. The molecular weight excluding hydrogens is 228 g/mol. The molecule has 0 aromatic heterocycles. The van der Waals surface area contributed by atoms with Crippen LogP contribution in [0, 0.1) is 0 Å². The molecule has 0 saturated carbocycles. The number of benzene rings is 1. The zero-order valence-corrected chi connectivity index (χ0v) is 11.0. The maximum absolute atomic E-state index is 9.79. The number of rotatable bonds is 7. The molecule has 0 amide bonds. The third-order valence-electron chi connectivity index (χ3n) is 3.32. The van der Waals surface area contributed by atoms with Crippen molar-refractivity contribution < 1.29 is 14.6 Å². The summed E-state index contributed by atoms with van der Waals surface area (Å²) in [7, 11) is 0. The van der Waals surface area contributed by atoms with Crippen molar-refractivity contribution >= 4 is 0 Å². The van der Waals surface area contributed by atoms with Crippen molar-refractivity contribution in [3.63, 3.8) is 0 Å². The summed E-state index contributed by atoms with van der Waals surface area (Å²) in [6, 6.07) is 5.90. The molecule has 1 atom stereocenters. The number of hydrogen-bond donors (Lipinski definition) is 1. The zero-order chi connectivity index (χ0) is 12.8. The van der Waals surface area contributed by atoms with Gasteiger partial charge in [0.15, 0.2) is 0 Å². The van der Waals surface area contributed by atoms with Gasteiger partial charge in [0.25, 0.3) is 0 Å². The van der Waals surface area contributed by atoms with Gasteiger partial charge in [0, 0.05) is 12.2 Å². The highest BCUT2D eigenvalue weighted by Gasteiger charge is 2.22. The molecule has 1 aromatic rings. The number of unbranched alkanes of at least 4 members (excludes halogenated alkanes) is 1. The van der Waals surface area contributed by atoms with Gasteiger partial charge >= 0.3 is 0 Å². The molecule has 1 aromatic carbocycles. The van der Waals surface area contributed by atoms with Crippen LogP contribution in [-0.2, 0) is 11.2 Å². The first kappa shape index (κ1) is 13.4. The van der Waals surface area contributed by atoms with Crippen molar-refractivity contribution in [2.24, 2.45) is 0 Å². The second-order valence-electron chi connectivity index (χ2n) is 4.69. The van der Waals surface area contributed by atoms with E-state index in [9.17, 15) is 5.11 Å². The highest BCUT2D eigenvalue weighted by Crippen LogP contribution is 2.36. The Labute approximate surface area is 109 Å². The Morgan fingerprint density at radius 2 is 2.17 bits per heavy atom. The Balaban J connectivity index is 1.80. The van der Waals surface area contributed by atoms with Gasteiger partial charge in [0.2, 0.25) is 0 Å². The molecule has 0 heterocycles. The monoisotopic (exact) mass is 250 g/mol. The number of fused-ring (bicyclic) bond motifs is 1. The highest BCUT2D eigenvalue weighted by atomic mass is 16.5. The summed E-state index contributed by atoms with van der Waals surface area (Å²) in [6.45, 7) is 4.17. The van der Waals surface area contributed by atoms with E-state index in [-0.39, 0.29) is 6.10 Å². The van der Waals surface area contributed by atoms with Gasteiger partial charge in [-0.25, -0.2) is 0 Å². The van der Waals surface area contributed by atoms with Gasteiger partial charge in [-0.2, -0.15) is 0 Å². The van der Waals surface area contributed by atoms with Gasteiger partial charge in [-0.15, -0.1) is 0 Å². The summed E-state index contributed by atoms with van der Waals surface area (Å²) >= 11 is 0. The standard InChI is InChI=1S/C15H22O3/c1-2-3-9-17-10-11-18-15-6-4-5-12-13(15)7-8-14(12)16/h4-6,14,16H,2-3,7-11H2,1H3. The van der Waals surface area contributed by atoms with Gasteiger partial charge in [-0.3, -0.25) is 0 Å². The van der Waals surface area contributed by atoms with Crippen molar-refractivity contribution in [1.82, 2.24) is 0 Å². The summed E-state index contributed by atoms with van der Waals surface area (Å²) < 4.78 is 11.2. The summed E-state index contributed by atoms with van der Waals surface area (Å²) in [5.41, 5.74) is 2.19. The number of hydrogen-bond acceptors (Lipinski definition) is 3. The minimum Gasteiger partial charge on any atom is -0.491 e. The average Bonchev–Trinajstić information content (AvgIpc) is 2.77. The highest BCUT2D eigenvalue weighted by molar-refractivity contribution is 5.44. The fraction of sp³-hybridized carbons (Fsp3) is 0.600. The summed E-state index contributed by atoms with van der Waals surface area (Å²) in [6.07, 6.45) is 3.66. The van der Waals surface area contributed by atoms with Crippen LogP contribution in [0.15, 0.2) is 18.2 Å². The fourth-order valence-corrected chi connectivity index (χ4v) is 2.29. The lowest BCUT2D eigenvalue weighted by atomic mass is 10.1. The van der Waals surface area contributed by atoms with Crippen LogP contribution < -0.4 is 4.74 Å². The molecule has 0 fully saturated rings. The van der Waals surface area contributed by atoms with Crippen molar-refractivity contribution in [2.75, 3.05) is 19.8 Å². The molecule has 1 aliphatic rings. The van der Waals surface area contributed by atoms with E-state index in [1.54, 1.807) is 0 Å². The van der Waals surface area contributed by atoms with Gasteiger partial charge in [0.05, 0.1) is 12.7 Å². The molecule has 0 radical (unpaired) electrons. The SMILES string of the molecule is CCCCOCCOc1cccc2c1CCC2O. The van der Waals surface area contributed by atoms with Gasteiger partial charge in [-0.05, 0) is 30.9 Å². The predicted molar refractivity (Wildman–Crippen MR) is 70.9 cm³/mol. The van der Waals surface area contributed by atoms with Crippen LogP contribution in [0.25, 0.3) is 0 Å². The summed E-state index contributed by atoms with van der Waals surface area (Å²) in [4.78, 5) is 0. The molecule has 1 aliphatic carbocycles. The lowest BCUT2D eigenvalue weighted by Crippen LogP contribution is -2.08. The normalized spacial score (nSPS) is 17.8. The lowest BCUT2D eigenvalue weighted by molar-refractivity contribution is 0.0977. The van der Waals surface area contributed by atoms with Crippen LogP contribution in [0.1, 0.15) is 43.4 Å². The fourth-order valence-electron chi connectivity index (χ4n) is 2.29. The third-order valence-corrected chi connectivity index (χ3v) is 3.32. The minimum absolute atomic E-state index is 0.315. The molecule has 3 heteroatoms. The molecule has 0 saturated heterocycles. The quantitative estimate of drug-likeness (QED) is 0.756. The van der Waals surface area contributed by atoms with Gasteiger partial charge in [0.1, 0.15) is 12.4 Å². The predicted octanol–water partition coefficient (Wildman–Crippen LogP) is 2.86. The molecule has 18 heavy (non-hydrogen) atoms. The van der Waals surface area contributed by atoms with E-state index < -0.39 is 0 Å². The maximum atomic E-state index is 9.79. The van der Waals surface area contributed by atoms with Crippen LogP contribution in [0.3, 0.4) is 0 Å². The van der Waals surface area contributed by atoms with E-state index in [4.69, 9.17) is 9.47 Å². The molecule has 1 N–H and O–H groups in total. The van der Waals surface area contributed by atoms with Crippen molar-refractivity contribution in [3.05, 3.63) is 29.3 Å². The Kier molecular flexibility index (Phi) is 5.02. The average molecular weight is 250 g/mol. The molecule has 1 unspecified atom stereocenters. The smallest absolute Gasteiger partial charge is 0.122 e. The Morgan fingerprint density at radius 1 is 1.28 bits per heavy atom. The first-order chi connectivity index (χ1) is 8.83. The van der Waals surface area contributed by atoms with Crippen LogP contribution in [0.2, 0.25) is 0 Å². The second-order valence-corrected chi connectivity index (χ2v) is 4.69. The molecule has 0 spiro atoms. The molecule has 3 nitrogen and oxygen atoms in total. The third kappa shape index (κ3) is 3.24. The van der Waals surface area contributed by atoms with Gasteiger partial charge in [-0.1, -0.05) is 25.5 Å². The molecule has 0 aliphatic heterocycles. The second kappa shape index (κ2) is 6.76. The van der Waals surface area contributed by atoms with Crippen LogP contribution >= 0.6 is 0 Å². The number of aliphatic hydroxyl groups excluding tert-OH is 1. The molecule has 100 valence electrons. The largest absolute Gasteiger partial charge is 0.491 e. The Morgan fingerprint density at radius 3 is 3.00 bits per heavy atom. The number of ether oxygens (including phenoxy) is 2. The zero-order valence-electron chi connectivity index (χ0n) is 11.0. The summed E-state index contributed by atoms with van der Waals surface area (Å²) in [5, 5.41) is 9.79. The molecule has 2 rings (SSSR count). The van der Waals surface area contributed by atoms with Crippen LogP contribution in [0.5, 0.6) is 5.75 Å². The van der Waals surface area contributed by atoms with Crippen LogP contribution in [-0.4, -0.2) is 24.9 Å². The van der Waals surface area contributed by atoms with Crippen molar-refractivity contribution in [2.45, 2.75) is 38.7 Å². The van der Waals surface area contributed by atoms with Crippen LogP contribution in [0.4, 0.5) is 0 Å². The van der Waals surface area contributed by atoms with Crippen molar-refractivity contribution in [3.8, 4) is 5.75 Å². The van der Waals surface area contributed by atoms with Gasteiger partial charge < -0.3 is 14.6 Å². The lowest BCUT2D eigenvalue weighted by Gasteiger charge is -2.11. The van der Waals surface area contributed by atoms with E-state index in [2.05, 4.69) is 6.92 Å². The molecular formula is C15H22O3. The van der Waals surface area contributed by atoms with Crippen molar-refractivity contribution in [1.29, 1.82) is 0 Å². The minimum atomic E-state index is -0.315.